The van der Waals surface area contributed by atoms with Gasteiger partial charge in [0.2, 0.25) is 0 Å². The zero-order valence-electron chi connectivity index (χ0n) is 18.6. The Labute approximate surface area is 202 Å². The van der Waals surface area contributed by atoms with Crippen molar-refractivity contribution in [2.24, 2.45) is 0 Å². The van der Waals surface area contributed by atoms with E-state index in [-0.39, 0.29) is 11.1 Å². The number of pyridine rings is 1. The minimum absolute atomic E-state index is 0.0697. The van der Waals surface area contributed by atoms with Crippen molar-refractivity contribution in [3.8, 4) is 5.75 Å². The molecule has 178 valence electrons. The molecule has 2 N–H and O–H groups in total. The van der Waals surface area contributed by atoms with E-state index in [0.717, 1.165) is 23.1 Å². The third-order valence-corrected chi connectivity index (χ3v) is 6.03. The molecule has 0 aliphatic heterocycles. The molecule has 0 saturated heterocycles. The predicted octanol–water partition coefficient (Wildman–Crippen LogP) is 5.99. The first kappa shape index (κ1) is 24.0. The molecule has 1 atom stereocenters. The number of hydrogen-bond acceptors (Lipinski definition) is 5. The first-order valence-corrected chi connectivity index (χ1v) is 11.1. The SMILES string of the molecule is COc1ccc(Cn2nc(C)c(NC(O)c3cc(C(F)(F)F)nc4ccc(Br)cc34)c2C)cc1. The maximum absolute atomic E-state index is 13.5. The number of rotatable bonds is 6. The largest absolute Gasteiger partial charge is 0.497 e. The molecule has 10 heteroatoms. The van der Waals surface area contributed by atoms with Gasteiger partial charge in [0.25, 0.3) is 0 Å². The number of alkyl halides is 3. The Bertz CT molecular complexity index is 1340. The first-order valence-electron chi connectivity index (χ1n) is 10.4. The lowest BCUT2D eigenvalue weighted by molar-refractivity contribution is -0.141. The molecule has 34 heavy (non-hydrogen) atoms. The fraction of sp³-hybridized carbons (Fsp3) is 0.250. The molecule has 4 aromatic rings. The lowest BCUT2D eigenvalue weighted by Gasteiger charge is -2.19. The molecular formula is C24H22BrF3N4O2. The molecule has 2 aromatic carbocycles. The Balaban J connectivity index is 1.67. The van der Waals surface area contributed by atoms with E-state index < -0.39 is 18.1 Å². The number of fused-ring (bicyclic) bond motifs is 1. The van der Waals surface area contributed by atoms with Crippen molar-refractivity contribution in [3.05, 3.63) is 81.2 Å². The standard InChI is InChI=1S/C24H22BrF3N4O2/c1-13-22(14(2)32(31-13)12-15-4-7-17(34-3)8-5-15)30-23(33)19-11-21(24(26,27)28)29-20-9-6-16(25)10-18(19)20/h4-11,23,30,33H,12H2,1-3H3. The normalized spacial score (nSPS) is 12.7. The van der Waals surface area contributed by atoms with Crippen molar-refractivity contribution < 1.29 is 23.0 Å². The van der Waals surface area contributed by atoms with E-state index in [9.17, 15) is 18.3 Å². The quantitative estimate of drug-likeness (QED) is 0.297. The van der Waals surface area contributed by atoms with Crippen LogP contribution in [-0.4, -0.2) is 27.0 Å². The van der Waals surface area contributed by atoms with Crippen molar-refractivity contribution >= 4 is 32.5 Å². The Morgan fingerprint density at radius 3 is 2.47 bits per heavy atom. The Morgan fingerprint density at radius 1 is 1.12 bits per heavy atom. The molecule has 0 amide bonds. The van der Waals surface area contributed by atoms with Gasteiger partial charge in [-0.3, -0.25) is 4.68 Å². The van der Waals surface area contributed by atoms with Gasteiger partial charge < -0.3 is 15.2 Å². The second-order valence-corrected chi connectivity index (χ2v) is 8.77. The number of nitrogens with zero attached hydrogens (tertiary/aromatic N) is 3. The lowest BCUT2D eigenvalue weighted by Crippen LogP contribution is -2.15. The molecule has 0 spiro atoms. The second kappa shape index (κ2) is 9.27. The number of aromatic nitrogens is 3. The molecule has 2 aromatic heterocycles. The Hall–Kier alpha value is -3.11. The number of hydrogen-bond donors (Lipinski definition) is 2. The lowest BCUT2D eigenvalue weighted by atomic mass is 10.1. The van der Waals surface area contributed by atoms with E-state index in [0.29, 0.717) is 27.8 Å². The van der Waals surface area contributed by atoms with Crippen molar-refractivity contribution in [1.29, 1.82) is 0 Å². The summed E-state index contributed by atoms with van der Waals surface area (Å²) in [6, 6.07) is 13.2. The Morgan fingerprint density at radius 2 is 1.82 bits per heavy atom. The van der Waals surface area contributed by atoms with Crippen LogP contribution in [0.15, 0.2) is 53.0 Å². The first-order chi connectivity index (χ1) is 16.1. The van der Waals surface area contributed by atoms with Crippen LogP contribution >= 0.6 is 15.9 Å². The van der Waals surface area contributed by atoms with Gasteiger partial charge in [0.1, 0.15) is 11.4 Å². The summed E-state index contributed by atoms with van der Waals surface area (Å²) in [5, 5.41) is 18.9. The van der Waals surface area contributed by atoms with E-state index in [2.05, 4.69) is 31.3 Å². The number of halogens is 4. The van der Waals surface area contributed by atoms with Crippen LogP contribution in [0.4, 0.5) is 18.9 Å². The van der Waals surface area contributed by atoms with Gasteiger partial charge in [-0.25, -0.2) is 4.98 Å². The van der Waals surface area contributed by atoms with Gasteiger partial charge >= 0.3 is 6.18 Å². The van der Waals surface area contributed by atoms with E-state index >= 15 is 0 Å². The van der Waals surface area contributed by atoms with E-state index in [1.165, 1.54) is 6.07 Å². The van der Waals surface area contributed by atoms with Crippen molar-refractivity contribution in [3.63, 3.8) is 0 Å². The smallest absolute Gasteiger partial charge is 0.433 e. The average Bonchev–Trinajstić information content (AvgIpc) is 3.05. The number of benzene rings is 2. The molecule has 0 bridgehead atoms. The number of nitrogens with one attached hydrogen (secondary N) is 1. The second-order valence-electron chi connectivity index (χ2n) is 7.85. The summed E-state index contributed by atoms with van der Waals surface area (Å²) < 4.78 is 48.0. The monoisotopic (exact) mass is 534 g/mol. The third kappa shape index (κ3) is 4.88. The maximum Gasteiger partial charge on any atom is 0.433 e. The molecule has 2 heterocycles. The number of aliphatic hydroxyl groups is 1. The summed E-state index contributed by atoms with van der Waals surface area (Å²) in [7, 11) is 1.60. The summed E-state index contributed by atoms with van der Waals surface area (Å²) in [6.45, 7) is 4.09. The maximum atomic E-state index is 13.5. The van der Waals surface area contributed by atoms with E-state index in [4.69, 9.17) is 4.74 Å². The van der Waals surface area contributed by atoms with Crippen LogP contribution in [0.25, 0.3) is 10.9 Å². The van der Waals surface area contributed by atoms with Gasteiger partial charge in [-0.15, -0.1) is 0 Å². The number of anilines is 1. The highest BCUT2D eigenvalue weighted by atomic mass is 79.9. The van der Waals surface area contributed by atoms with Gasteiger partial charge in [-0.1, -0.05) is 28.1 Å². The summed E-state index contributed by atoms with van der Waals surface area (Å²) >= 11 is 3.33. The van der Waals surface area contributed by atoms with Crippen LogP contribution in [0, 0.1) is 13.8 Å². The van der Waals surface area contributed by atoms with Gasteiger partial charge in [0.15, 0.2) is 6.23 Å². The fourth-order valence-electron chi connectivity index (χ4n) is 3.77. The molecule has 6 nitrogen and oxygen atoms in total. The topological polar surface area (TPSA) is 72.2 Å². The summed E-state index contributed by atoms with van der Waals surface area (Å²) in [6.07, 6.45) is -6.07. The Kier molecular flexibility index (Phi) is 6.55. The minimum atomic E-state index is -4.65. The molecular weight excluding hydrogens is 513 g/mol. The molecule has 0 saturated carbocycles. The van der Waals surface area contributed by atoms with Crippen LogP contribution in [0.3, 0.4) is 0 Å². The summed E-state index contributed by atoms with van der Waals surface area (Å²) in [5.41, 5.74) is 2.04. The van der Waals surface area contributed by atoms with Crippen LogP contribution in [0.1, 0.15) is 34.4 Å². The van der Waals surface area contributed by atoms with E-state index in [1.807, 2.05) is 31.2 Å². The molecule has 0 radical (unpaired) electrons. The number of ether oxygens (including phenoxy) is 1. The van der Waals surface area contributed by atoms with Crippen LogP contribution in [0.2, 0.25) is 0 Å². The molecule has 0 aliphatic rings. The highest BCUT2D eigenvalue weighted by Crippen LogP contribution is 2.35. The summed E-state index contributed by atoms with van der Waals surface area (Å²) in [5.74, 6) is 0.747. The number of aliphatic hydroxyl groups excluding tert-OH is 1. The van der Waals surface area contributed by atoms with Gasteiger partial charge in [0.05, 0.1) is 36.2 Å². The predicted molar refractivity (Wildman–Crippen MR) is 127 cm³/mol. The average molecular weight is 535 g/mol. The highest BCUT2D eigenvalue weighted by molar-refractivity contribution is 9.10. The highest BCUT2D eigenvalue weighted by Gasteiger charge is 2.34. The molecule has 4 rings (SSSR count). The van der Waals surface area contributed by atoms with Gasteiger partial charge in [-0.05, 0) is 55.8 Å². The fourth-order valence-corrected chi connectivity index (χ4v) is 4.13. The van der Waals surface area contributed by atoms with Gasteiger partial charge in [0, 0.05) is 15.4 Å². The number of methoxy groups -OCH3 is 1. The zero-order chi connectivity index (χ0) is 24.6. The van der Waals surface area contributed by atoms with Crippen LogP contribution in [0.5, 0.6) is 5.75 Å². The van der Waals surface area contributed by atoms with E-state index in [1.54, 1.807) is 30.8 Å². The van der Waals surface area contributed by atoms with Crippen molar-refractivity contribution in [1.82, 2.24) is 14.8 Å². The number of aryl methyl sites for hydroxylation is 1. The zero-order valence-corrected chi connectivity index (χ0v) is 20.2. The van der Waals surface area contributed by atoms with Crippen molar-refractivity contribution in [2.75, 3.05) is 12.4 Å². The molecule has 0 fully saturated rings. The third-order valence-electron chi connectivity index (χ3n) is 5.54. The molecule has 1 unspecified atom stereocenters. The summed E-state index contributed by atoms with van der Waals surface area (Å²) in [4.78, 5) is 3.73. The van der Waals surface area contributed by atoms with Crippen molar-refractivity contribution in [2.45, 2.75) is 32.8 Å². The minimum Gasteiger partial charge on any atom is -0.497 e. The van der Waals surface area contributed by atoms with Gasteiger partial charge in [-0.2, -0.15) is 18.3 Å². The van der Waals surface area contributed by atoms with Crippen LogP contribution < -0.4 is 10.1 Å². The molecule has 0 aliphatic carbocycles. The van der Waals surface area contributed by atoms with Crippen LogP contribution in [-0.2, 0) is 12.7 Å².